The predicted molar refractivity (Wildman–Crippen MR) is 80.8 cm³/mol. The highest BCUT2D eigenvalue weighted by atomic mass is 16.4. The molecule has 4 heteroatoms. The summed E-state index contributed by atoms with van der Waals surface area (Å²) in [6.07, 6.45) is 7.90. The van der Waals surface area contributed by atoms with Gasteiger partial charge in [-0.05, 0) is 64.2 Å². The Morgan fingerprint density at radius 3 is 2.55 bits per heavy atom. The molecule has 1 saturated carbocycles. The van der Waals surface area contributed by atoms with E-state index in [1.165, 1.54) is 45.3 Å². The second-order valence-corrected chi connectivity index (χ2v) is 6.51. The number of likely N-dealkylation sites (tertiary alicyclic amines) is 1. The summed E-state index contributed by atoms with van der Waals surface area (Å²) in [5.41, 5.74) is 0. The second kappa shape index (κ2) is 7.99. The lowest BCUT2D eigenvalue weighted by atomic mass is 9.79. The molecule has 2 atom stereocenters. The summed E-state index contributed by atoms with van der Waals surface area (Å²) in [5.74, 6) is -0.361. The van der Waals surface area contributed by atoms with Crippen LogP contribution in [-0.4, -0.2) is 48.2 Å². The van der Waals surface area contributed by atoms with E-state index < -0.39 is 5.97 Å². The SMILES string of the molecule is CCCN1CCC(NCC2CCCCC2C(=O)O)CC1. The van der Waals surface area contributed by atoms with Crippen molar-refractivity contribution >= 4 is 5.97 Å². The van der Waals surface area contributed by atoms with Crippen molar-refractivity contribution in [2.24, 2.45) is 11.8 Å². The van der Waals surface area contributed by atoms with Gasteiger partial charge in [-0.2, -0.15) is 0 Å². The Kier molecular flexibility index (Phi) is 6.30. The monoisotopic (exact) mass is 282 g/mol. The van der Waals surface area contributed by atoms with Crippen LogP contribution in [0.5, 0.6) is 0 Å². The minimum absolute atomic E-state index is 0.114. The molecule has 0 aromatic rings. The summed E-state index contributed by atoms with van der Waals surface area (Å²) in [6.45, 7) is 6.74. The van der Waals surface area contributed by atoms with Crippen LogP contribution in [0.15, 0.2) is 0 Å². The van der Waals surface area contributed by atoms with Gasteiger partial charge >= 0.3 is 5.97 Å². The van der Waals surface area contributed by atoms with Crippen molar-refractivity contribution in [3.63, 3.8) is 0 Å². The number of rotatable bonds is 6. The molecule has 1 aliphatic carbocycles. The fraction of sp³-hybridized carbons (Fsp3) is 0.938. The maximum Gasteiger partial charge on any atom is 0.306 e. The molecule has 2 aliphatic rings. The van der Waals surface area contributed by atoms with Crippen LogP contribution in [0.25, 0.3) is 0 Å². The van der Waals surface area contributed by atoms with Gasteiger partial charge in [0.05, 0.1) is 5.92 Å². The maximum absolute atomic E-state index is 11.3. The Bertz CT molecular complexity index is 301. The van der Waals surface area contributed by atoms with Gasteiger partial charge in [-0.15, -0.1) is 0 Å². The highest BCUT2D eigenvalue weighted by Crippen LogP contribution is 2.30. The van der Waals surface area contributed by atoms with Crippen LogP contribution in [0.2, 0.25) is 0 Å². The van der Waals surface area contributed by atoms with Crippen LogP contribution < -0.4 is 5.32 Å². The average Bonchev–Trinajstić information content (AvgIpc) is 2.47. The van der Waals surface area contributed by atoms with Gasteiger partial charge in [0, 0.05) is 6.04 Å². The third-order valence-corrected chi connectivity index (χ3v) is 5.02. The fourth-order valence-corrected chi connectivity index (χ4v) is 3.77. The molecule has 2 N–H and O–H groups in total. The standard InChI is InChI=1S/C16H30N2O2/c1-2-9-18-10-7-14(8-11-18)17-12-13-5-3-4-6-15(13)16(19)20/h13-15,17H,2-12H2,1H3,(H,19,20). The van der Waals surface area contributed by atoms with Crippen molar-refractivity contribution in [1.82, 2.24) is 10.2 Å². The van der Waals surface area contributed by atoms with Crippen LogP contribution in [0, 0.1) is 11.8 Å². The topological polar surface area (TPSA) is 52.6 Å². The first-order chi connectivity index (χ1) is 9.70. The molecule has 2 rings (SSSR count). The van der Waals surface area contributed by atoms with E-state index in [1.807, 2.05) is 0 Å². The van der Waals surface area contributed by atoms with Crippen LogP contribution in [-0.2, 0) is 4.79 Å². The number of carboxylic acid groups (broad SMARTS) is 1. The molecule has 0 aromatic heterocycles. The van der Waals surface area contributed by atoms with Gasteiger partial charge in [0.25, 0.3) is 0 Å². The molecule has 20 heavy (non-hydrogen) atoms. The molecule has 1 aliphatic heterocycles. The van der Waals surface area contributed by atoms with E-state index in [2.05, 4.69) is 17.1 Å². The van der Waals surface area contributed by atoms with E-state index >= 15 is 0 Å². The zero-order chi connectivity index (χ0) is 14.4. The minimum Gasteiger partial charge on any atom is -0.481 e. The van der Waals surface area contributed by atoms with Gasteiger partial charge in [0.2, 0.25) is 0 Å². The van der Waals surface area contributed by atoms with Gasteiger partial charge in [-0.1, -0.05) is 19.8 Å². The molecule has 0 bridgehead atoms. The number of aliphatic carboxylic acids is 1. The van der Waals surface area contributed by atoms with Crippen molar-refractivity contribution in [1.29, 1.82) is 0 Å². The van der Waals surface area contributed by atoms with E-state index in [0.29, 0.717) is 12.0 Å². The zero-order valence-corrected chi connectivity index (χ0v) is 12.8. The van der Waals surface area contributed by atoms with Gasteiger partial charge < -0.3 is 15.3 Å². The zero-order valence-electron chi connectivity index (χ0n) is 12.8. The molecule has 0 aromatic carbocycles. The Balaban J connectivity index is 1.70. The van der Waals surface area contributed by atoms with Crippen molar-refractivity contribution in [2.75, 3.05) is 26.2 Å². The first-order valence-corrected chi connectivity index (χ1v) is 8.39. The van der Waals surface area contributed by atoms with E-state index in [9.17, 15) is 9.90 Å². The number of nitrogens with one attached hydrogen (secondary N) is 1. The van der Waals surface area contributed by atoms with Gasteiger partial charge in [0.1, 0.15) is 0 Å². The fourth-order valence-electron chi connectivity index (χ4n) is 3.77. The first kappa shape index (κ1) is 15.8. The largest absolute Gasteiger partial charge is 0.481 e. The van der Waals surface area contributed by atoms with Gasteiger partial charge in [-0.25, -0.2) is 0 Å². The number of piperidine rings is 1. The van der Waals surface area contributed by atoms with Crippen LogP contribution >= 0.6 is 0 Å². The van der Waals surface area contributed by atoms with Crippen LogP contribution in [0.4, 0.5) is 0 Å². The first-order valence-electron chi connectivity index (χ1n) is 8.39. The van der Waals surface area contributed by atoms with E-state index in [-0.39, 0.29) is 5.92 Å². The third kappa shape index (κ3) is 4.45. The Morgan fingerprint density at radius 2 is 1.90 bits per heavy atom. The highest BCUT2D eigenvalue weighted by Gasteiger charge is 2.31. The van der Waals surface area contributed by atoms with E-state index in [1.54, 1.807) is 0 Å². The molecule has 2 unspecified atom stereocenters. The normalized spacial score (nSPS) is 29.4. The summed E-state index contributed by atoms with van der Waals surface area (Å²) in [7, 11) is 0. The van der Waals surface area contributed by atoms with E-state index in [0.717, 1.165) is 25.8 Å². The molecule has 116 valence electrons. The minimum atomic E-state index is -0.589. The predicted octanol–water partition coefficient (Wildman–Crippen LogP) is 2.34. The third-order valence-electron chi connectivity index (χ3n) is 5.02. The average molecular weight is 282 g/mol. The summed E-state index contributed by atoms with van der Waals surface area (Å²) in [4.78, 5) is 13.8. The Morgan fingerprint density at radius 1 is 1.20 bits per heavy atom. The lowest BCUT2D eigenvalue weighted by Gasteiger charge is -2.34. The number of carboxylic acids is 1. The molecule has 2 fully saturated rings. The van der Waals surface area contributed by atoms with Crippen molar-refractivity contribution in [3.05, 3.63) is 0 Å². The van der Waals surface area contributed by atoms with Crippen molar-refractivity contribution in [2.45, 2.75) is 57.9 Å². The lowest BCUT2D eigenvalue weighted by Crippen LogP contribution is -2.45. The Hall–Kier alpha value is -0.610. The number of hydrogen-bond donors (Lipinski definition) is 2. The molecule has 4 nitrogen and oxygen atoms in total. The number of hydrogen-bond acceptors (Lipinski definition) is 3. The second-order valence-electron chi connectivity index (χ2n) is 6.51. The molecular formula is C16H30N2O2. The van der Waals surface area contributed by atoms with E-state index in [4.69, 9.17) is 0 Å². The lowest BCUT2D eigenvalue weighted by molar-refractivity contribution is -0.144. The quantitative estimate of drug-likeness (QED) is 0.785. The molecular weight excluding hydrogens is 252 g/mol. The Labute approximate surface area is 122 Å². The highest BCUT2D eigenvalue weighted by molar-refractivity contribution is 5.70. The molecule has 0 radical (unpaired) electrons. The molecule has 0 amide bonds. The summed E-state index contributed by atoms with van der Waals surface area (Å²) < 4.78 is 0. The summed E-state index contributed by atoms with van der Waals surface area (Å²) in [6, 6.07) is 0.597. The summed E-state index contributed by atoms with van der Waals surface area (Å²) in [5, 5.41) is 13.0. The van der Waals surface area contributed by atoms with Gasteiger partial charge in [0.15, 0.2) is 0 Å². The maximum atomic E-state index is 11.3. The van der Waals surface area contributed by atoms with Crippen LogP contribution in [0.1, 0.15) is 51.9 Å². The number of nitrogens with zero attached hydrogens (tertiary/aromatic N) is 1. The van der Waals surface area contributed by atoms with Crippen molar-refractivity contribution in [3.8, 4) is 0 Å². The molecule has 0 spiro atoms. The molecule has 1 saturated heterocycles. The van der Waals surface area contributed by atoms with Crippen LogP contribution in [0.3, 0.4) is 0 Å². The molecule has 1 heterocycles. The smallest absolute Gasteiger partial charge is 0.306 e. The summed E-state index contributed by atoms with van der Waals surface area (Å²) >= 11 is 0. The van der Waals surface area contributed by atoms with Gasteiger partial charge in [-0.3, -0.25) is 4.79 Å². The number of carbonyl (C=O) groups is 1. The van der Waals surface area contributed by atoms with Crippen molar-refractivity contribution < 1.29 is 9.90 Å².